The summed E-state index contributed by atoms with van der Waals surface area (Å²) in [6, 6.07) is 0. The maximum absolute atomic E-state index is 9.50. The molecule has 0 aliphatic rings. The van der Waals surface area contributed by atoms with Crippen molar-refractivity contribution in [1.82, 2.24) is 0 Å². The first-order valence-corrected chi connectivity index (χ1v) is 2.68. The van der Waals surface area contributed by atoms with E-state index in [1.54, 1.807) is 5.28 Å². The van der Waals surface area contributed by atoms with E-state index in [2.05, 4.69) is 0 Å². The average Bonchev–Trinajstić information content (AvgIpc) is 1.62. The Kier molecular flexibility index (Phi) is 11.7. The molecule has 0 fully saturated rings. The van der Waals surface area contributed by atoms with Gasteiger partial charge in [-0.25, -0.2) is 4.55 Å². The van der Waals surface area contributed by atoms with E-state index in [1.807, 2.05) is 0 Å². The first kappa shape index (κ1) is 17.3. The fourth-order valence-electron chi connectivity index (χ4n) is 0.0461. The second-order valence-corrected chi connectivity index (χ2v) is 1.98. The fraction of sp³-hybridized carbons (Fsp3) is 0. The van der Waals surface area contributed by atoms with Crippen LogP contribution in [-0.4, -0.2) is 81.6 Å². The van der Waals surface area contributed by atoms with Gasteiger partial charge in [-0.05, 0) is 0 Å². The monoisotopic (exact) mass is 190 g/mol. The molecule has 0 rings (SSSR count). The Morgan fingerprint density at radius 1 is 1.40 bits per heavy atom. The molecule has 0 aromatic heterocycles. The molecule has 10 heteroatoms. The van der Waals surface area contributed by atoms with Gasteiger partial charge in [0, 0.05) is 0 Å². The Balaban J connectivity index is -0.000000245. The molecular formula is H4N2Na2O5S. The van der Waals surface area contributed by atoms with Gasteiger partial charge in [0.25, 0.3) is 0 Å². The van der Waals surface area contributed by atoms with Gasteiger partial charge in [-0.15, -0.1) is 8.42 Å². The van der Waals surface area contributed by atoms with E-state index < -0.39 is 14.6 Å². The molecule has 0 unspecified atom stereocenters. The molecule has 0 aliphatic carbocycles. The van der Waals surface area contributed by atoms with Gasteiger partial charge in [-0.2, -0.15) is 0 Å². The van der Waals surface area contributed by atoms with Crippen molar-refractivity contribution in [3.8, 4) is 0 Å². The zero-order valence-corrected chi connectivity index (χ0v) is 4.24. The van der Waals surface area contributed by atoms with Crippen LogP contribution in [-0.2, 0) is 10.3 Å². The van der Waals surface area contributed by atoms with Crippen LogP contribution in [0.2, 0.25) is 0 Å². The summed E-state index contributed by atoms with van der Waals surface area (Å²) >= 11 is 0. The van der Waals surface area contributed by atoms with Crippen LogP contribution in [0.5, 0.6) is 0 Å². The van der Waals surface area contributed by atoms with E-state index in [1.165, 1.54) is 0 Å². The third-order valence-corrected chi connectivity index (χ3v) is 0.738. The quantitative estimate of drug-likeness (QED) is 0.161. The van der Waals surface area contributed by atoms with Crippen molar-refractivity contribution in [2.75, 3.05) is 0 Å². The van der Waals surface area contributed by atoms with Gasteiger partial charge in [0.05, 0.1) is 4.27 Å². The van der Waals surface area contributed by atoms with Crippen molar-refractivity contribution in [2.45, 2.75) is 0 Å². The summed E-state index contributed by atoms with van der Waals surface area (Å²) in [4.78, 5) is 0. The van der Waals surface area contributed by atoms with Crippen LogP contribution in [0.3, 0.4) is 0 Å². The molecule has 0 aliphatic heterocycles. The topological polar surface area (TPSA) is 113 Å². The Morgan fingerprint density at radius 2 is 1.70 bits per heavy atom. The summed E-state index contributed by atoms with van der Waals surface area (Å²) in [6.07, 6.45) is 0. The number of nitrogens with zero attached hydrogens (tertiary/aromatic N) is 2. The zero-order valence-electron chi connectivity index (χ0n) is 3.42. The predicted molar refractivity (Wildman–Crippen MR) is 33.7 cm³/mol. The summed E-state index contributed by atoms with van der Waals surface area (Å²) in [6.45, 7) is 0. The van der Waals surface area contributed by atoms with Gasteiger partial charge >= 0.3 is 69.4 Å². The van der Waals surface area contributed by atoms with Crippen molar-refractivity contribution in [2.24, 2.45) is 5.28 Å². The molecule has 0 aromatic rings. The minimum absolute atomic E-state index is 0. The van der Waals surface area contributed by atoms with Gasteiger partial charge < -0.3 is 10.4 Å². The molecule has 0 atom stereocenters. The third kappa shape index (κ3) is 7.22. The Labute approximate surface area is 101 Å². The zero-order chi connectivity index (χ0) is 6.78. The molecule has 0 bridgehead atoms. The number of hydrogen-bond donors (Lipinski definition) is 2. The second kappa shape index (κ2) is 6.80. The number of hydrogen-bond acceptors (Lipinski definition) is 4. The van der Waals surface area contributed by atoms with E-state index in [4.69, 9.17) is 9.76 Å². The first-order valence-electron chi connectivity index (χ1n) is 1.28. The Hall–Kier alpha value is 1.11. The van der Waals surface area contributed by atoms with E-state index in [0.717, 1.165) is 0 Å². The van der Waals surface area contributed by atoms with Gasteiger partial charge in [0.2, 0.25) is 5.28 Å². The molecule has 0 radical (unpaired) electrons. The summed E-state index contributed by atoms with van der Waals surface area (Å²) in [5, 5.41) is 18.5. The molecule has 0 saturated carbocycles. The van der Waals surface area contributed by atoms with Crippen LogP contribution in [0.15, 0.2) is 5.28 Å². The molecule has 0 spiro atoms. The average molecular weight is 190 g/mol. The molecule has 2 N–H and O–H groups in total. The van der Waals surface area contributed by atoms with Crippen LogP contribution < -0.4 is 0 Å². The summed E-state index contributed by atoms with van der Waals surface area (Å²) < 4.78 is 25.3. The van der Waals surface area contributed by atoms with Gasteiger partial charge in [-0.1, -0.05) is 0 Å². The van der Waals surface area contributed by atoms with E-state index in [-0.39, 0.29) is 59.1 Å². The molecule has 0 saturated heterocycles. The first-order chi connectivity index (χ1) is 3.48. The maximum atomic E-state index is 9.50. The van der Waals surface area contributed by atoms with Crippen LogP contribution >= 0.6 is 0 Å². The van der Waals surface area contributed by atoms with Crippen LogP contribution in [0.4, 0.5) is 0 Å². The third-order valence-electron chi connectivity index (χ3n) is 0.270. The van der Waals surface area contributed by atoms with Gasteiger partial charge in [0.1, 0.15) is 0 Å². The van der Waals surface area contributed by atoms with E-state index in [0.29, 0.717) is 0 Å². The van der Waals surface area contributed by atoms with Crippen LogP contribution in [0.1, 0.15) is 0 Å². The molecule has 10 heavy (non-hydrogen) atoms. The van der Waals surface area contributed by atoms with Crippen molar-refractivity contribution in [3.05, 3.63) is 5.21 Å². The standard InChI is InChI=1S/H2N2O5S.2Na.2H/c3-1-2(4)8(5,6)7;;;;/h3H,(H,5,6,7);;;;. The molecule has 0 amide bonds. The molecule has 7 nitrogen and oxygen atoms in total. The SMILES string of the molecule is O=S(=O)(O)[N+]([O-])=NO.[NaH].[NaH]. The van der Waals surface area contributed by atoms with Crippen molar-refractivity contribution < 1.29 is 22.4 Å². The normalized spacial score (nSPS) is 11.1. The predicted octanol–water partition coefficient (Wildman–Crippen LogP) is -2.16. The van der Waals surface area contributed by atoms with Crippen molar-refractivity contribution in [1.29, 1.82) is 0 Å². The Bertz CT molecular complexity index is 194. The van der Waals surface area contributed by atoms with Gasteiger partial charge in [0.15, 0.2) is 0 Å². The summed E-state index contributed by atoms with van der Waals surface area (Å²) in [5.41, 5.74) is 0. The van der Waals surface area contributed by atoms with Gasteiger partial charge in [-0.3, -0.25) is 0 Å². The van der Waals surface area contributed by atoms with Crippen LogP contribution in [0.25, 0.3) is 0 Å². The molecule has 0 aromatic carbocycles. The van der Waals surface area contributed by atoms with Crippen molar-refractivity contribution in [3.63, 3.8) is 0 Å². The summed E-state index contributed by atoms with van der Waals surface area (Å²) in [7, 11) is -4.89. The molecule has 0 heterocycles. The number of rotatable bonds is 1. The van der Waals surface area contributed by atoms with Crippen molar-refractivity contribution >= 4 is 69.4 Å². The minimum atomic E-state index is -4.89. The Morgan fingerprint density at radius 3 is 1.70 bits per heavy atom. The molecule has 52 valence electrons. The second-order valence-electron chi connectivity index (χ2n) is 0.775. The summed E-state index contributed by atoms with van der Waals surface area (Å²) in [5.74, 6) is 0. The van der Waals surface area contributed by atoms with Crippen LogP contribution in [0, 0.1) is 5.21 Å². The molecular weight excluding hydrogens is 186 g/mol. The fourth-order valence-corrected chi connectivity index (χ4v) is 0.138. The van der Waals surface area contributed by atoms with E-state index in [9.17, 15) is 13.6 Å². The van der Waals surface area contributed by atoms with E-state index >= 15 is 0 Å².